The van der Waals surface area contributed by atoms with E-state index >= 15 is 0 Å². The molecule has 1 atom stereocenters. The van der Waals surface area contributed by atoms with E-state index in [1.54, 1.807) is 13.0 Å². The average Bonchev–Trinajstić information content (AvgIpc) is 2.03. The van der Waals surface area contributed by atoms with Gasteiger partial charge in [-0.25, -0.2) is 0 Å². The molecule has 0 N–H and O–H groups in total. The largest absolute Gasteiger partial charge is 0.254 e. The van der Waals surface area contributed by atoms with Crippen LogP contribution in [0.15, 0.2) is 11.0 Å². The van der Waals surface area contributed by atoms with E-state index in [2.05, 4.69) is 0 Å². The Labute approximate surface area is 70.4 Å². The van der Waals surface area contributed by atoms with E-state index in [0.29, 0.717) is 10.7 Å². The molecule has 0 saturated heterocycles. The first-order valence-corrected chi connectivity index (χ1v) is 5.03. The van der Waals surface area contributed by atoms with E-state index in [1.807, 2.05) is 13.0 Å². The van der Waals surface area contributed by atoms with Crippen LogP contribution in [0, 0.1) is 11.3 Å². The molecule has 0 aliphatic rings. The molecule has 0 amide bonds. The molecule has 0 radical (unpaired) electrons. The Balaban J connectivity index is 3.94. The highest BCUT2D eigenvalue weighted by Gasteiger charge is 2.03. The normalized spacial score (nSPS) is 14.1. The Kier molecular flexibility index (Phi) is 5.77. The van der Waals surface area contributed by atoms with Gasteiger partial charge in [-0.15, -0.1) is 0 Å². The lowest BCUT2D eigenvalue weighted by molar-refractivity contribution is 0.684. The SMILES string of the molecule is C/C=C(/C#N)S(=O)CCCC. The monoisotopic (exact) mass is 171 g/mol. The Morgan fingerprint density at radius 2 is 2.36 bits per heavy atom. The van der Waals surface area contributed by atoms with Gasteiger partial charge in [0.2, 0.25) is 0 Å². The van der Waals surface area contributed by atoms with E-state index in [4.69, 9.17) is 5.26 Å². The number of unbranched alkanes of at least 4 members (excludes halogenated alkanes) is 1. The first kappa shape index (κ1) is 10.4. The summed E-state index contributed by atoms with van der Waals surface area (Å²) in [5.41, 5.74) is 0. The van der Waals surface area contributed by atoms with E-state index in [0.717, 1.165) is 12.8 Å². The third-order valence-corrected chi connectivity index (χ3v) is 2.78. The van der Waals surface area contributed by atoms with Crippen molar-refractivity contribution in [2.75, 3.05) is 5.75 Å². The van der Waals surface area contributed by atoms with Gasteiger partial charge in [-0.3, -0.25) is 4.21 Å². The Morgan fingerprint density at radius 1 is 1.73 bits per heavy atom. The van der Waals surface area contributed by atoms with E-state index in [-0.39, 0.29) is 0 Å². The average molecular weight is 171 g/mol. The Hall–Kier alpha value is -0.620. The number of hydrogen-bond donors (Lipinski definition) is 0. The van der Waals surface area contributed by atoms with Crippen molar-refractivity contribution in [3.05, 3.63) is 11.0 Å². The van der Waals surface area contributed by atoms with Gasteiger partial charge < -0.3 is 0 Å². The van der Waals surface area contributed by atoms with Gasteiger partial charge in [0.15, 0.2) is 0 Å². The first-order chi connectivity index (χ1) is 5.26. The highest BCUT2D eigenvalue weighted by Crippen LogP contribution is 2.02. The topological polar surface area (TPSA) is 40.9 Å². The molecule has 62 valence electrons. The standard InChI is InChI=1S/C8H13NOS/c1-3-5-6-11(10)8(4-2)7-9/h4H,3,5-6H2,1-2H3/b8-4-. The van der Waals surface area contributed by atoms with Crippen molar-refractivity contribution in [3.8, 4) is 6.07 Å². The molecule has 1 unspecified atom stereocenters. The first-order valence-electron chi connectivity index (χ1n) is 3.71. The number of allylic oxidation sites excluding steroid dienone is 2. The lowest BCUT2D eigenvalue weighted by atomic mass is 10.4. The molecule has 0 rings (SSSR count). The molecule has 3 heteroatoms. The lowest BCUT2D eigenvalue weighted by Crippen LogP contribution is -1.98. The molecule has 0 aliphatic heterocycles. The molecular formula is C8H13NOS. The summed E-state index contributed by atoms with van der Waals surface area (Å²) in [5.74, 6) is 0.615. The highest BCUT2D eigenvalue weighted by molar-refractivity contribution is 7.89. The van der Waals surface area contributed by atoms with Gasteiger partial charge in [0.25, 0.3) is 0 Å². The minimum atomic E-state index is -1.06. The zero-order chi connectivity index (χ0) is 8.69. The van der Waals surface area contributed by atoms with Crippen LogP contribution in [0.3, 0.4) is 0 Å². The predicted molar refractivity (Wildman–Crippen MR) is 47.3 cm³/mol. The van der Waals surface area contributed by atoms with Crippen molar-refractivity contribution in [2.45, 2.75) is 26.7 Å². The van der Waals surface area contributed by atoms with Gasteiger partial charge in [0.1, 0.15) is 11.0 Å². The molecule has 0 heterocycles. The van der Waals surface area contributed by atoms with E-state index in [9.17, 15) is 4.21 Å². The number of rotatable bonds is 4. The maximum absolute atomic E-state index is 11.2. The Bertz CT molecular complexity index is 203. The minimum absolute atomic E-state index is 0.401. The van der Waals surface area contributed by atoms with Crippen LogP contribution < -0.4 is 0 Å². The fourth-order valence-electron chi connectivity index (χ4n) is 0.632. The van der Waals surface area contributed by atoms with Gasteiger partial charge in [-0.2, -0.15) is 5.26 Å². The second kappa shape index (κ2) is 6.11. The molecule has 0 aromatic rings. The minimum Gasteiger partial charge on any atom is -0.254 e. The zero-order valence-electron chi connectivity index (χ0n) is 6.96. The molecule has 11 heavy (non-hydrogen) atoms. The summed E-state index contributed by atoms with van der Waals surface area (Å²) in [6, 6.07) is 1.92. The summed E-state index contributed by atoms with van der Waals surface area (Å²) in [7, 11) is -1.06. The van der Waals surface area contributed by atoms with Gasteiger partial charge in [-0.1, -0.05) is 19.4 Å². The maximum Gasteiger partial charge on any atom is 0.112 e. The zero-order valence-corrected chi connectivity index (χ0v) is 7.78. The molecule has 0 aromatic heterocycles. The van der Waals surface area contributed by atoms with Gasteiger partial charge >= 0.3 is 0 Å². The molecule has 0 saturated carbocycles. The third kappa shape index (κ3) is 3.94. The summed E-state index contributed by atoms with van der Waals surface area (Å²) in [5, 5.41) is 8.48. The third-order valence-electron chi connectivity index (χ3n) is 1.30. The van der Waals surface area contributed by atoms with Crippen molar-refractivity contribution >= 4 is 10.8 Å². The van der Waals surface area contributed by atoms with Crippen LogP contribution in [0.5, 0.6) is 0 Å². The summed E-state index contributed by atoms with van der Waals surface area (Å²) in [6.07, 6.45) is 3.56. The van der Waals surface area contributed by atoms with Gasteiger partial charge in [0.05, 0.1) is 10.8 Å². The number of nitriles is 1. The van der Waals surface area contributed by atoms with Crippen LogP contribution in [0.25, 0.3) is 0 Å². The van der Waals surface area contributed by atoms with Crippen LogP contribution in [-0.2, 0) is 10.8 Å². The molecule has 0 aromatic carbocycles. The smallest absolute Gasteiger partial charge is 0.112 e. The van der Waals surface area contributed by atoms with Crippen molar-refractivity contribution < 1.29 is 4.21 Å². The van der Waals surface area contributed by atoms with Crippen LogP contribution in [0.4, 0.5) is 0 Å². The molecule has 0 fully saturated rings. The van der Waals surface area contributed by atoms with Crippen LogP contribution >= 0.6 is 0 Å². The van der Waals surface area contributed by atoms with Crippen molar-refractivity contribution in [1.29, 1.82) is 5.26 Å². The van der Waals surface area contributed by atoms with Crippen molar-refractivity contribution in [1.82, 2.24) is 0 Å². The van der Waals surface area contributed by atoms with E-state index in [1.165, 1.54) is 0 Å². The Morgan fingerprint density at radius 3 is 2.73 bits per heavy atom. The summed E-state index contributed by atoms with van der Waals surface area (Å²) in [6.45, 7) is 3.78. The van der Waals surface area contributed by atoms with Crippen molar-refractivity contribution in [3.63, 3.8) is 0 Å². The van der Waals surface area contributed by atoms with Crippen molar-refractivity contribution in [2.24, 2.45) is 0 Å². The van der Waals surface area contributed by atoms with Crippen LogP contribution in [0.1, 0.15) is 26.7 Å². The highest BCUT2D eigenvalue weighted by atomic mass is 32.2. The van der Waals surface area contributed by atoms with Gasteiger partial charge in [-0.05, 0) is 13.3 Å². The van der Waals surface area contributed by atoms with Gasteiger partial charge in [0, 0.05) is 5.75 Å². The molecular weight excluding hydrogens is 158 g/mol. The summed E-state index contributed by atoms with van der Waals surface area (Å²) >= 11 is 0. The molecule has 2 nitrogen and oxygen atoms in total. The summed E-state index contributed by atoms with van der Waals surface area (Å²) < 4.78 is 11.2. The maximum atomic E-state index is 11.2. The number of hydrogen-bond acceptors (Lipinski definition) is 2. The predicted octanol–water partition coefficient (Wildman–Crippen LogP) is 1.96. The van der Waals surface area contributed by atoms with E-state index < -0.39 is 10.8 Å². The fourth-order valence-corrected chi connectivity index (χ4v) is 1.77. The summed E-state index contributed by atoms with van der Waals surface area (Å²) in [4.78, 5) is 0.401. The van der Waals surface area contributed by atoms with Crippen LogP contribution in [-0.4, -0.2) is 9.96 Å². The molecule has 0 aliphatic carbocycles. The molecule has 0 bridgehead atoms. The second-order valence-corrected chi connectivity index (χ2v) is 3.71. The quantitative estimate of drug-likeness (QED) is 0.607. The second-order valence-electron chi connectivity index (χ2n) is 2.17. The fraction of sp³-hybridized carbons (Fsp3) is 0.625. The van der Waals surface area contributed by atoms with Crippen LogP contribution in [0.2, 0.25) is 0 Å². The number of nitrogens with zero attached hydrogens (tertiary/aromatic N) is 1. The molecule has 0 spiro atoms. The lowest BCUT2D eigenvalue weighted by Gasteiger charge is -1.96.